The average molecular weight is 235 g/mol. The van der Waals surface area contributed by atoms with Gasteiger partial charge in [-0.3, -0.25) is 4.79 Å². The fraction of sp³-hybridized carbons (Fsp3) is 0.167. The molecule has 0 aliphatic rings. The average Bonchev–Trinajstić information content (AvgIpc) is 2.61. The van der Waals surface area contributed by atoms with Crippen molar-refractivity contribution in [1.29, 1.82) is 0 Å². The lowest BCUT2D eigenvalue weighted by Crippen LogP contribution is -2.02. The fourth-order valence-electron chi connectivity index (χ4n) is 1.62. The number of hydrogen-bond acceptors (Lipinski definition) is 3. The van der Waals surface area contributed by atoms with E-state index in [1.807, 2.05) is 0 Å². The zero-order chi connectivity index (χ0) is 12.4. The Kier molecular flexibility index (Phi) is 2.91. The van der Waals surface area contributed by atoms with E-state index < -0.39 is 11.8 Å². The predicted molar refractivity (Wildman–Crippen MR) is 58.0 cm³/mol. The maximum absolute atomic E-state index is 13.6. The van der Waals surface area contributed by atoms with E-state index in [4.69, 9.17) is 9.63 Å². The van der Waals surface area contributed by atoms with Crippen LogP contribution in [0.25, 0.3) is 11.3 Å². The van der Waals surface area contributed by atoms with Crippen LogP contribution in [0.4, 0.5) is 4.39 Å². The van der Waals surface area contributed by atoms with Crippen LogP contribution < -0.4 is 0 Å². The van der Waals surface area contributed by atoms with Crippen LogP contribution in [0, 0.1) is 12.7 Å². The molecule has 0 amide bonds. The Morgan fingerprint density at radius 2 is 2.18 bits per heavy atom. The van der Waals surface area contributed by atoms with Gasteiger partial charge in [0.25, 0.3) is 0 Å². The van der Waals surface area contributed by atoms with E-state index >= 15 is 0 Å². The summed E-state index contributed by atoms with van der Waals surface area (Å²) in [4.78, 5) is 10.7. The summed E-state index contributed by atoms with van der Waals surface area (Å²) in [5.41, 5.74) is 0.909. The normalized spacial score (nSPS) is 10.5. The number of aromatic nitrogens is 1. The number of nitrogens with zero attached hydrogens (tertiary/aromatic N) is 1. The summed E-state index contributed by atoms with van der Waals surface area (Å²) >= 11 is 0. The predicted octanol–water partition coefficient (Wildman–Crippen LogP) is 2.42. The zero-order valence-corrected chi connectivity index (χ0v) is 9.11. The number of halogens is 1. The molecular weight excluding hydrogens is 225 g/mol. The first kappa shape index (κ1) is 11.3. The molecule has 0 fully saturated rings. The molecule has 0 saturated heterocycles. The summed E-state index contributed by atoms with van der Waals surface area (Å²) in [7, 11) is 0. The monoisotopic (exact) mass is 235 g/mol. The van der Waals surface area contributed by atoms with E-state index in [2.05, 4.69) is 5.16 Å². The van der Waals surface area contributed by atoms with Crippen molar-refractivity contribution in [3.05, 3.63) is 41.4 Å². The van der Waals surface area contributed by atoms with Crippen molar-refractivity contribution in [2.24, 2.45) is 0 Å². The molecule has 0 aliphatic heterocycles. The highest BCUT2D eigenvalue weighted by Crippen LogP contribution is 2.27. The van der Waals surface area contributed by atoms with E-state index in [1.165, 1.54) is 12.1 Å². The topological polar surface area (TPSA) is 63.3 Å². The first-order valence-corrected chi connectivity index (χ1v) is 5.01. The molecule has 2 aromatic rings. The Labute approximate surface area is 96.7 Å². The SMILES string of the molecule is Cc1onc(-c2ccccc2F)c1CC(=O)O. The second kappa shape index (κ2) is 4.37. The summed E-state index contributed by atoms with van der Waals surface area (Å²) < 4.78 is 18.5. The van der Waals surface area contributed by atoms with Gasteiger partial charge >= 0.3 is 5.97 Å². The van der Waals surface area contributed by atoms with Crippen LogP contribution in [0.5, 0.6) is 0 Å². The van der Waals surface area contributed by atoms with Gasteiger partial charge in [-0.2, -0.15) is 0 Å². The molecule has 88 valence electrons. The first-order chi connectivity index (χ1) is 8.09. The van der Waals surface area contributed by atoms with Crippen LogP contribution >= 0.6 is 0 Å². The summed E-state index contributed by atoms with van der Waals surface area (Å²) in [6.07, 6.45) is -0.237. The van der Waals surface area contributed by atoms with Crippen molar-refractivity contribution in [2.45, 2.75) is 13.3 Å². The van der Waals surface area contributed by atoms with E-state index in [-0.39, 0.29) is 17.7 Å². The Balaban J connectivity index is 2.53. The number of hydrogen-bond donors (Lipinski definition) is 1. The summed E-state index contributed by atoms with van der Waals surface area (Å²) in [6.45, 7) is 1.61. The van der Waals surface area contributed by atoms with Crippen molar-refractivity contribution < 1.29 is 18.8 Å². The van der Waals surface area contributed by atoms with Gasteiger partial charge in [-0.15, -0.1) is 0 Å². The van der Waals surface area contributed by atoms with Crippen LogP contribution in [0.1, 0.15) is 11.3 Å². The fourth-order valence-corrected chi connectivity index (χ4v) is 1.62. The number of rotatable bonds is 3. The number of aryl methyl sites for hydroxylation is 1. The van der Waals surface area contributed by atoms with Gasteiger partial charge in [0.05, 0.1) is 6.42 Å². The molecule has 1 aromatic heterocycles. The Bertz CT molecular complexity index is 563. The molecule has 0 radical (unpaired) electrons. The highest BCUT2D eigenvalue weighted by molar-refractivity contribution is 5.75. The van der Waals surface area contributed by atoms with E-state index in [0.29, 0.717) is 11.3 Å². The van der Waals surface area contributed by atoms with Crippen LogP contribution in [0.15, 0.2) is 28.8 Å². The molecule has 0 spiro atoms. The minimum atomic E-state index is -1.01. The van der Waals surface area contributed by atoms with Crippen molar-refractivity contribution >= 4 is 5.97 Å². The molecule has 2 rings (SSSR count). The van der Waals surface area contributed by atoms with E-state index in [1.54, 1.807) is 19.1 Å². The minimum absolute atomic E-state index is 0.237. The van der Waals surface area contributed by atoms with Gasteiger partial charge in [0.15, 0.2) is 0 Å². The molecule has 1 heterocycles. The van der Waals surface area contributed by atoms with Crippen molar-refractivity contribution in [2.75, 3.05) is 0 Å². The molecule has 0 atom stereocenters. The Hall–Kier alpha value is -2.17. The first-order valence-electron chi connectivity index (χ1n) is 5.01. The van der Waals surface area contributed by atoms with Gasteiger partial charge in [-0.1, -0.05) is 17.3 Å². The standard InChI is InChI=1S/C12H10FNO3/c1-7-9(6-11(15)16)12(14-17-7)8-4-2-3-5-10(8)13/h2-5H,6H2,1H3,(H,15,16). The molecule has 1 aromatic carbocycles. The number of carboxylic acid groups (broad SMARTS) is 1. The van der Waals surface area contributed by atoms with E-state index in [9.17, 15) is 9.18 Å². The van der Waals surface area contributed by atoms with Gasteiger partial charge in [-0.25, -0.2) is 4.39 Å². The van der Waals surface area contributed by atoms with Gasteiger partial charge in [-0.05, 0) is 19.1 Å². The maximum atomic E-state index is 13.6. The summed E-state index contributed by atoms with van der Waals surface area (Å²) in [6, 6.07) is 6.05. The lowest BCUT2D eigenvalue weighted by atomic mass is 10.0. The number of carbonyl (C=O) groups is 1. The molecule has 1 N–H and O–H groups in total. The van der Waals surface area contributed by atoms with Gasteiger partial charge < -0.3 is 9.63 Å². The second-order valence-electron chi connectivity index (χ2n) is 3.62. The third kappa shape index (κ3) is 2.18. The van der Waals surface area contributed by atoms with Crippen LogP contribution in [-0.2, 0) is 11.2 Å². The molecular formula is C12H10FNO3. The van der Waals surface area contributed by atoms with Crippen molar-refractivity contribution in [3.8, 4) is 11.3 Å². The molecule has 4 nitrogen and oxygen atoms in total. The molecule has 0 aliphatic carbocycles. The lowest BCUT2D eigenvalue weighted by molar-refractivity contribution is -0.136. The zero-order valence-electron chi connectivity index (χ0n) is 9.11. The minimum Gasteiger partial charge on any atom is -0.481 e. The third-order valence-corrected chi connectivity index (χ3v) is 2.44. The van der Waals surface area contributed by atoms with Gasteiger partial charge in [0, 0.05) is 11.1 Å². The van der Waals surface area contributed by atoms with E-state index in [0.717, 1.165) is 0 Å². The Morgan fingerprint density at radius 3 is 2.82 bits per heavy atom. The van der Waals surface area contributed by atoms with Gasteiger partial charge in [0.2, 0.25) is 0 Å². The van der Waals surface area contributed by atoms with Crippen LogP contribution in [0.2, 0.25) is 0 Å². The van der Waals surface area contributed by atoms with Crippen LogP contribution in [-0.4, -0.2) is 16.2 Å². The molecule has 0 bridgehead atoms. The highest BCUT2D eigenvalue weighted by atomic mass is 19.1. The smallest absolute Gasteiger partial charge is 0.308 e. The Morgan fingerprint density at radius 1 is 1.47 bits per heavy atom. The number of aliphatic carboxylic acids is 1. The second-order valence-corrected chi connectivity index (χ2v) is 3.62. The van der Waals surface area contributed by atoms with Crippen molar-refractivity contribution in [3.63, 3.8) is 0 Å². The quantitative estimate of drug-likeness (QED) is 0.887. The molecule has 17 heavy (non-hydrogen) atoms. The summed E-state index contributed by atoms with van der Waals surface area (Å²) in [5.74, 6) is -1.06. The summed E-state index contributed by atoms with van der Waals surface area (Å²) in [5, 5.41) is 12.5. The van der Waals surface area contributed by atoms with Gasteiger partial charge in [0.1, 0.15) is 17.3 Å². The number of benzene rings is 1. The third-order valence-electron chi connectivity index (χ3n) is 2.44. The lowest BCUT2D eigenvalue weighted by Gasteiger charge is -2.01. The largest absolute Gasteiger partial charge is 0.481 e. The molecule has 0 saturated carbocycles. The molecule has 5 heteroatoms. The highest BCUT2D eigenvalue weighted by Gasteiger charge is 2.19. The molecule has 0 unspecified atom stereocenters. The van der Waals surface area contributed by atoms with Crippen molar-refractivity contribution in [1.82, 2.24) is 5.16 Å². The van der Waals surface area contributed by atoms with Crippen LogP contribution in [0.3, 0.4) is 0 Å². The maximum Gasteiger partial charge on any atom is 0.308 e. The number of carboxylic acids is 1.